The number of methoxy groups -OCH3 is 1. The standard InChI is InChI=1S/C20H23ClN2O3/c1-25-19-13-16(20(24)23-11-2-9-22-10-12-23)5-8-18(19)26-14-15-3-6-17(21)7-4-15/h3-8,13,22H,2,9-12,14H2,1H3. The summed E-state index contributed by atoms with van der Waals surface area (Å²) < 4.78 is 11.3. The van der Waals surface area contributed by atoms with E-state index < -0.39 is 0 Å². The van der Waals surface area contributed by atoms with Crippen molar-refractivity contribution < 1.29 is 14.3 Å². The zero-order valence-electron chi connectivity index (χ0n) is 14.8. The highest BCUT2D eigenvalue weighted by Crippen LogP contribution is 2.29. The van der Waals surface area contributed by atoms with Crippen molar-refractivity contribution in [2.45, 2.75) is 13.0 Å². The Kier molecular flexibility index (Phi) is 6.36. The number of nitrogens with one attached hydrogen (secondary N) is 1. The molecule has 2 aromatic carbocycles. The predicted molar refractivity (Wildman–Crippen MR) is 102 cm³/mol. The lowest BCUT2D eigenvalue weighted by molar-refractivity contribution is 0.0766. The molecule has 5 nitrogen and oxygen atoms in total. The van der Waals surface area contributed by atoms with Gasteiger partial charge in [0, 0.05) is 30.2 Å². The van der Waals surface area contributed by atoms with Crippen molar-refractivity contribution in [1.82, 2.24) is 10.2 Å². The monoisotopic (exact) mass is 374 g/mol. The van der Waals surface area contributed by atoms with E-state index >= 15 is 0 Å². The molecule has 0 spiro atoms. The number of ether oxygens (including phenoxy) is 2. The summed E-state index contributed by atoms with van der Waals surface area (Å²) in [6.07, 6.45) is 0.963. The number of amides is 1. The third kappa shape index (κ3) is 4.68. The number of nitrogens with zero attached hydrogens (tertiary/aromatic N) is 1. The van der Waals surface area contributed by atoms with Crippen LogP contribution in [-0.4, -0.2) is 44.1 Å². The van der Waals surface area contributed by atoms with Crippen LogP contribution in [0.4, 0.5) is 0 Å². The Bertz CT molecular complexity index is 741. The van der Waals surface area contributed by atoms with Gasteiger partial charge in [0.2, 0.25) is 0 Å². The minimum absolute atomic E-state index is 0.0243. The van der Waals surface area contributed by atoms with E-state index in [1.807, 2.05) is 29.2 Å². The number of halogens is 1. The van der Waals surface area contributed by atoms with Crippen molar-refractivity contribution in [1.29, 1.82) is 0 Å². The van der Waals surface area contributed by atoms with Gasteiger partial charge >= 0.3 is 0 Å². The van der Waals surface area contributed by atoms with Crippen LogP contribution in [-0.2, 0) is 6.61 Å². The second kappa shape index (κ2) is 8.92. The lowest BCUT2D eigenvalue weighted by Gasteiger charge is -2.20. The molecule has 1 saturated heterocycles. The molecule has 2 aromatic rings. The molecule has 138 valence electrons. The fraction of sp³-hybridized carbons (Fsp3) is 0.350. The molecule has 1 N–H and O–H groups in total. The van der Waals surface area contributed by atoms with Crippen molar-refractivity contribution in [3.63, 3.8) is 0 Å². The maximum atomic E-state index is 12.7. The average Bonchev–Trinajstić information content (AvgIpc) is 2.96. The summed E-state index contributed by atoms with van der Waals surface area (Å²) >= 11 is 5.90. The van der Waals surface area contributed by atoms with Crippen molar-refractivity contribution in [3.8, 4) is 11.5 Å². The van der Waals surface area contributed by atoms with Crippen LogP contribution < -0.4 is 14.8 Å². The second-order valence-electron chi connectivity index (χ2n) is 6.18. The van der Waals surface area contributed by atoms with Crippen molar-refractivity contribution in [2.24, 2.45) is 0 Å². The zero-order chi connectivity index (χ0) is 18.4. The van der Waals surface area contributed by atoms with E-state index in [0.29, 0.717) is 28.7 Å². The predicted octanol–water partition coefficient (Wildman–Crippen LogP) is 3.36. The minimum Gasteiger partial charge on any atom is -0.493 e. The van der Waals surface area contributed by atoms with Crippen LogP contribution in [0.25, 0.3) is 0 Å². The minimum atomic E-state index is 0.0243. The van der Waals surface area contributed by atoms with Crippen LogP contribution in [0.1, 0.15) is 22.3 Å². The van der Waals surface area contributed by atoms with Crippen molar-refractivity contribution >= 4 is 17.5 Å². The fourth-order valence-corrected chi connectivity index (χ4v) is 3.02. The molecule has 26 heavy (non-hydrogen) atoms. The Balaban J connectivity index is 1.70. The Morgan fingerprint density at radius 3 is 2.69 bits per heavy atom. The van der Waals surface area contributed by atoms with Gasteiger partial charge in [-0.15, -0.1) is 0 Å². The van der Waals surface area contributed by atoms with E-state index in [0.717, 1.165) is 38.2 Å². The molecule has 0 aromatic heterocycles. The molecule has 0 saturated carbocycles. The first kappa shape index (κ1) is 18.5. The molecule has 1 heterocycles. The summed E-state index contributed by atoms with van der Waals surface area (Å²) in [6, 6.07) is 12.8. The van der Waals surface area contributed by atoms with Crippen LogP contribution in [0, 0.1) is 0 Å². The van der Waals surface area contributed by atoms with Gasteiger partial charge in [0.05, 0.1) is 7.11 Å². The number of carbonyl (C=O) groups is 1. The number of rotatable bonds is 5. The normalized spacial score (nSPS) is 14.6. The van der Waals surface area contributed by atoms with Gasteiger partial charge in [0.25, 0.3) is 5.91 Å². The summed E-state index contributed by atoms with van der Waals surface area (Å²) in [7, 11) is 1.58. The average molecular weight is 375 g/mol. The van der Waals surface area contributed by atoms with Crippen LogP contribution >= 0.6 is 11.6 Å². The van der Waals surface area contributed by atoms with Gasteiger partial charge in [-0.1, -0.05) is 23.7 Å². The largest absolute Gasteiger partial charge is 0.493 e. The van der Waals surface area contributed by atoms with E-state index in [1.54, 1.807) is 25.3 Å². The highest BCUT2D eigenvalue weighted by molar-refractivity contribution is 6.30. The maximum Gasteiger partial charge on any atom is 0.254 e. The van der Waals surface area contributed by atoms with Crippen LogP contribution in [0.5, 0.6) is 11.5 Å². The summed E-state index contributed by atoms with van der Waals surface area (Å²) in [4.78, 5) is 14.6. The molecule has 1 fully saturated rings. The van der Waals surface area contributed by atoms with E-state index in [-0.39, 0.29) is 5.91 Å². The molecule has 0 bridgehead atoms. The van der Waals surface area contributed by atoms with E-state index in [9.17, 15) is 4.79 Å². The second-order valence-corrected chi connectivity index (χ2v) is 6.61. The molecular weight excluding hydrogens is 352 g/mol. The number of hydrogen-bond acceptors (Lipinski definition) is 4. The SMILES string of the molecule is COc1cc(C(=O)N2CCCNCC2)ccc1OCc1ccc(Cl)cc1. The summed E-state index contributed by atoms with van der Waals surface area (Å²) in [5.41, 5.74) is 1.62. The van der Waals surface area contributed by atoms with Gasteiger partial charge < -0.3 is 19.7 Å². The molecule has 0 atom stereocenters. The van der Waals surface area contributed by atoms with Gasteiger partial charge in [-0.25, -0.2) is 0 Å². The van der Waals surface area contributed by atoms with Crippen LogP contribution in [0.15, 0.2) is 42.5 Å². The third-order valence-corrected chi connectivity index (χ3v) is 4.60. The highest BCUT2D eigenvalue weighted by Gasteiger charge is 2.19. The molecule has 0 radical (unpaired) electrons. The fourth-order valence-electron chi connectivity index (χ4n) is 2.89. The van der Waals surface area contributed by atoms with Gasteiger partial charge in [-0.2, -0.15) is 0 Å². The number of hydrogen-bond donors (Lipinski definition) is 1. The highest BCUT2D eigenvalue weighted by atomic mass is 35.5. The Hall–Kier alpha value is -2.24. The smallest absolute Gasteiger partial charge is 0.254 e. The van der Waals surface area contributed by atoms with Crippen molar-refractivity contribution in [2.75, 3.05) is 33.3 Å². The molecule has 0 unspecified atom stereocenters. The van der Waals surface area contributed by atoms with Gasteiger partial charge in [-0.3, -0.25) is 4.79 Å². The van der Waals surface area contributed by atoms with E-state index in [1.165, 1.54) is 0 Å². The van der Waals surface area contributed by atoms with Crippen LogP contribution in [0.3, 0.4) is 0 Å². The number of carbonyl (C=O) groups excluding carboxylic acids is 1. The molecule has 1 amide bonds. The zero-order valence-corrected chi connectivity index (χ0v) is 15.6. The van der Waals surface area contributed by atoms with Gasteiger partial charge in [-0.05, 0) is 48.9 Å². The third-order valence-electron chi connectivity index (χ3n) is 4.35. The molecule has 1 aliphatic heterocycles. The summed E-state index contributed by atoms with van der Waals surface area (Å²) in [6.45, 7) is 3.66. The quantitative estimate of drug-likeness (QED) is 0.871. The lowest BCUT2D eigenvalue weighted by Crippen LogP contribution is -2.34. The molecular formula is C20H23ClN2O3. The van der Waals surface area contributed by atoms with Crippen LogP contribution in [0.2, 0.25) is 5.02 Å². The van der Waals surface area contributed by atoms with Gasteiger partial charge in [0.15, 0.2) is 11.5 Å². The molecule has 1 aliphatic rings. The molecule has 0 aliphatic carbocycles. The van der Waals surface area contributed by atoms with Gasteiger partial charge in [0.1, 0.15) is 6.61 Å². The Morgan fingerprint density at radius 2 is 1.92 bits per heavy atom. The van der Waals surface area contributed by atoms with E-state index in [2.05, 4.69) is 5.32 Å². The lowest BCUT2D eigenvalue weighted by atomic mass is 10.1. The van der Waals surface area contributed by atoms with E-state index in [4.69, 9.17) is 21.1 Å². The molecule has 6 heteroatoms. The Morgan fingerprint density at radius 1 is 1.12 bits per heavy atom. The first-order valence-electron chi connectivity index (χ1n) is 8.72. The maximum absolute atomic E-state index is 12.7. The first-order valence-corrected chi connectivity index (χ1v) is 9.10. The van der Waals surface area contributed by atoms with Crippen molar-refractivity contribution in [3.05, 3.63) is 58.6 Å². The summed E-state index contributed by atoms with van der Waals surface area (Å²) in [5.74, 6) is 1.19. The summed E-state index contributed by atoms with van der Waals surface area (Å²) in [5, 5.41) is 4.00. The Labute approximate surface area is 158 Å². The number of benzene rings is 2. The molecule has 3 rings (SSSR count). The topological polar surface area (TPSA) is 50.8 Å². The first-order chi connectivity index (χ1) is 12.7.